The normalized spacial score (nSPS) is 18.3. The van der Waals surface area contributed by atoms with E-state index in [1.807, 2.05) is 24.8 Å². The van der Waals surface area contributed by atoms with Gasteiger partial charge in [-0.25, -0.2) is 0 Å². The Bertz CT molecular complexity index is 448. The van der Waals surface area contributed by atoms with Gasteiger partial charge in [0.1, 0.15) is 5.75 Å². The largest absolute Gasteiger partial charge is 0.494 e. The van der Waals surface area contributed by atoms with Crippen molar-refractivity contribution in [3.8, 4) is 5.75 Å². The average molecular weight is 282 g/mol. The van der Waals surface area contributed by atoms with E-state index in [1.165, 1.54) is 24.0 Å². The maximum absolute atomic E-state index is 10.9. The SMILES string of the molecule is CCOc1cc(NCC2CCSC2)cc([N+](=O)[O-])c1. The minimum absolute atomic E-state index is 0.0641. The maximum atomic E-state index is 10.9. The molecule has 1 heterocycles. The first-order valence-electron chi connectivity index (χ1n) is 6.43. The van der Waals surface area contributed by atoms with Crippen LogP contribution in [-0.4, -0.2) is 29.6 Å². The summed E-state index contributed by atoms with van der Waals surface area (Å²) in [5.41, 5.74) is 0.823. The molecule has 0 amide bonds. The summed E-state index contributed by atoms with van der Waals surface area (Å²) in [6.07, 6.45) is 1.21. The van der Waals surface area contributed by atoms with Crippen molar-refractivity contribution in [2.45, 2.75) is 13.3 Å². The Morgan fingerprint density at radius 2 is 2.37 bits per heavy atom. The summed E-state index contributed by atoms with van der Waals surface area (Å²) in [6, 6.07) is 4.84. The van der Waals surface area contributed by atoms with Gasteiger partial charge in [0.2, 0.25) is 0 Å². The van der Waals surface area contributed by atoms with Crippen LogP contribution < -0.4 is 10.1 Å². The molecule has 0 spiro atoms. The summed E-state index contributed by atoms with van der Waals surface area (Å²) in [7, 11) is 0. The van der Waals surface area contributed by atoms with Crippen molar-refractivity contribution >= 4 is 23.1 Å². The molecule has 1 aromatic carbocycles. The molecule has 5 nitrogen and oxygen atoms in total. The van der Waals surface area contributed by atoms with E-state index in [1.54, 1.807) is 6.07 Å². The van der Waals surface area contributed by atoms with E-state index < -0.39 is 0 Å². The Hall–Kier alpha value is -1.43. The fourth-order valence-corrected chi connectivity index (χ4v) is 3.33. The predicted molar refractivity (Wildman–Crippen MR) is 78.2 cm³/mol. The van der Waals surface area contributed by atoms with Gasteiger partial charge in [0.05, 0.1) is 17.6 Å². The molecule has 1 aromatic rings. The molecule has 1 aliphatic heterocycles. The van der Waals surface area contributed by atoms with Gasteiger partial charge < -0.3 is 10.1 Å². The van der Waals surface area contributed by atoms with Crippen LogP contribution in [0.1, 0.15) is 13.3 Å². The number of hydrogen-bond acceptors (Lipinski definition) is 5. The number of nitro groups is 1. The van der Waals surface area contributed by atoms with Crippen molar-refractivity contribution in [3.05, 3.63) is 28.3 Å². The zero-order chi connectivity index (χ0) is 13.7. The molecule has 19 heavy (non-hydrogen) atoms. The van der Waals surface area contributed by atoms with Gasteiger partial charge >= 0.3 is 0 Å². The van der Waals surface area contributed by atoms with Gasteiger partial charge in [-0.2, -0.15) is 11.8 Å². The average Bonchev–Trinajstić information content (AvgIpc) is 2.89. The second-order valence-corrected chi connectivity index (χ2v) is 5.67. The van der Waals surface area contributed by atoms with Gasteiger partial charge in [-0.05, 0) is 30.8 Å². The Kier molecular flexibility index (Phi) is 4.90. The molecular weight excluding hydrogens is 264 g/mol. The van der Waals surface area contributed by atoms with E-state index in [0.717, 1.165) is 12.2 Å². The van der Waals surface area contributed by atoms with Crippen molar-refractivity contribution in [1.82, 2.24) is 0 Å². The molecule has 6 heteroatoms. The number of rotatable bonds is 6. The highest BCUT2D eigenvalue weighted by atomic mass is 32.2. The lowest BCUT2D eigenvalue weighted by molar-refractivity contribution is -0.384. The molecule has 1 N–H and O–H groups in total. The molecule has 1 fully saturated rings. The van der Waals surface area contributed by atoms with E-state index in [-0.39, 0.29) is 10.6 Å². The Labute approximate surface area is 116 Å². The van der Waals surface area contributed by atoms with Gasteiger partial charge in [0, 0.05) is 24.4 Å². The van der Waals surface area contributed by atoms with Crippen LogP contribution in [0.25, 0.3) is 0 Å². The maximum Gasteiger partial charge on any atom is 0.275 e. The summed E-state index contributed by atoms with van der Waals surface area (Å²) in [6.45, 7) is 3.22. The van der Waals surface area contributed by atoms with Crippen LogP contribution in [0.15, 0.2) is 18.2 Å². The molecule has 0 aliphatic carbocycles. The number of nitrogens with one attached hydrogen (secondary N) is 1. The molecule has 1 unspecified atom stereocenters. The molecule has 2 rings (SSSR count). The molecule has 0 bridgehead atoms. The van der Waals surface area contributed by atoms with Gasteiger partial charge in [0.25, 0.3) is 5.69 Å². The lowest BCUT2D eigenvalue weighted by atomic mass is 10.1. The van der Waals surface area contributed by atoms with Gasteiger partial charge in [-0.1, -0.05) is 0 Å². The van der Waals surface area contributed by atoms with Crippen molar-refractivity contribution in [2.24, 2.45) is 5.92 Å². The number of thioether (sulfide) groups is 1. The second kappa shape index (κ2) is 6.65. The number of nitro benzene ring substituents is 1. The van der Waals surface area contributed by atoms with Crippen LogP contribution in [0.2, 0.25) is 0 Å². The van der Waals surface area contributed by atoms with Crippen molar-refractivity contribution in [2.75, 3.05) is 30.0 Å². The molecule has 0 radical (unpaired) electrons. The molecule has 0 aromatic heterocycles. The third-order valence-electron chi connectivity index (χ3n) is 3.03. The Balaban J connectivity index is 2.06. The number of hydrogen-bond donors (Lipinski definition) is 1. The van der Waals surface area contributed by atoms with E-state index >= 15 is 0 Å². The molecule has 104 valence electrons. The summed E-state index contributed by atoms with van der Waals surface area (Å²) in [5.74, 6) is 3.57. The number of non-ortho nitro benzene ring substituents is 1. The fraction of sp³-hybridized carbons (Fsp3) is 0.538. The lowest BCUT2D eigenvalue weighted by Gasteiger charge is -2.12. The van der Waals surface area contributed by atoms with Crippen LogP contribution >= 0.6 is 11.8 Å². The molecule has 0 saturated carbocycles. The molecule has 1 atom stereocenters. The smallest absolute Gasteiger partial charge is 0.275 e. The number of benzene rings is 1. The predicted octanol–water partition coefficient (Wildman–Crippen LogP) is 3.16. The van der Waals surface area contributed by atoms with Crippen LogP contribution in [0.3, 0.4) is 0 Å². The van der Waals surface area contributed by atoms with E-state index in [4.69, 9.17) is 4.74 Å². The van der Waals surface area contributed by atoms with Crippen LogP contribution in [0.4, 0.5) is 11.4 Å². The lowest BCUT2D eigenvalue weighted by Crippen LogP contribution is -2.13. The third kappa shape index (κ3) is 4.02. The standard InChI is InChI=1S/C13H18N2O3S/c1-2-18-13-6-11(5-12(7-13)15(16)17)14-8-10-3-4-19-9-10/h5-7,10,14H,2-4,8-9H2,1H3. The Morgan fingerprint density at radius 3 is 3.00 bits per heavy atom. The fourth-order valence-electron chi connectivity index (χ4n) is 2.05. The summed E-state index contributed by atoms with van der Waals surface area (Å²) >= 11 is 1.96. The van der Waals surface area contributed by atoms with Crippen molar-refractivity contribution in [3.63, 3.8) is 0 Å². The number of anilines is 1. The Morgan fingerprint density at radius 1 is 1.53 bits per heavy atom. The minimum atomic E-state index is -0.390. The molecule has 1 aliphatic rings. The number of nitrogens with zero attached hydrogens (tertiary/aromatic N) is 1. The minimum Gasteiger partial charge on any atom is -0.494 e. The van der Waals surface area contributed by atoms with Gasteiger partial charge in [-0.3, -0.25) is 10.1 Å². The monoisotopic (exact) mass is 282 g/mol. The zero-order valence-electron chi connectivity index (χ0n) is 10.9. The quantitative estimate of drug-likeness (QED) is 0.641. The summed E-state index contributed by atoms with van der Waals surface area (Å²) in [4.78, 5) is 10.5. The van der Waals surface area contributed by atoms with Crippen molar-refractivity contribution < 1.29 is 9.66 Å². The van der Waals surface area contributed by atoms with E-state index in [2.05, 4.69) is 5.32 Å². The van der Waals surface area contributed by atoms with E-state index in [9.17, 15) is 10.1 Å². The van der Waals surface area contributed by atoms with Crippen molar-refractivity contribution in [1.29, 1.82) is 0 Å². The van der Waals surface area contributed by atoms with Gasteiger partial charge in [0.15, 0.2) is 0 Å². The summed E-state index contributed by atoms with van der Waals surface area (Å²) < 4.78 is 5.36. The first-order chi connectivity index (χ1) is 9.19. The highest BCUT2D eigenvalue weighted by molar-refractivity contribution is 7.99. The summed E-state index contributed by atoms with van der Waals surface area (Å²) in [5, 5.41) is 14.2. The highest BCUT2D eigenvalue weighted by Gasteiger charge is 2.16. The molecule has 1 saturated heterocycles. The zero-order valence-corrected chi connectivity index (χ0v) is 11.7. The van der Waals surface area contributed by atoms with Crippen LogP contribution in [0.5, 0.6) is 5.75 Å². The highest BCUT2D eigenvalue weighted by Crippen LogP contribution is 2.28. The van der Waals surface area contributed by atoms with Crippen LogP contribution in [-0.2, 0) is 0 Å². The van der Waals surface area contributed by atoms with E-state index in [0.29, 0.717) is 18.3 Å². The third-order valence-corrected chi connectivity index (χ3v) is 4.26. The van der Waals surface area contributed by atoms with Gasteiger partial charge in [-0.15, -0.1) is 0 Å². The topological polar surface area (TPSA) is 64.4 Å². The first kappa shape index (κ1) is 14.0. The number of ether oxygens (including phenoxy) is 1. The van der Waals surface area contributed by atoms with Crippen LogP contribution in [0, 0.1) is 16.0 Å². The second-order valence-electron chi connectivity index (χ2n) is 4.52. The molecular formula is C13H18N2O3S. The first-order valence-corrected chi connectivity index (χ1v) is 7.58.